The number of ether oxygens (including phenoxy) is 2. The molecule has 2 aromatic carbocycles. The van der Waals surface area contributed by atoms with Gasteiger partial charge in [0.05, 0.1) is 0 Å². The van der Waals surface area contributed by atoms with Gasteiger partial charge in [0.15, 0.2) is 12.8 Å². The van der Waals surface area contributed by atoms with Gasteiger partial charge in [-0.1, -0.05) is 54.5 Å². The van der Waals surface area contributed by atoms with Crippen LogP contribution in [0.3, 0.4) is 0 Å². The lowest BCUT2D eigenvalue weighted by atomic mass is 9.98. The molecule has 0 unspecified atom stereocenters. The van der Waals surface area contributed by atoms with Crippen LogP contribution in [0.5, 0.6) is 0 Å². The summed E-state index contributed by atoms with van der Waals surface area (Å²) in [7, 11) is 0. The molecule has 1 aliphatic carbocycles. The first-order valence-corrected chi connectivity index (χ1v) is 9.00. The van der Waals surface area contributed by atoms with E-state index in [1.165, 1.54) is 6.92 Å². The summed E-state index contributed by atoms with van der Waals surface area (Å²) in [6.45, 7) is 0.977. The summed E-state index contributed by atoms with van der Waals surface area (Å²) in [6, 6.07) is 14.7. The van der Waals surface area contributed by atoms with Gasteiger partial charge in [-0.2, -0.15) is 0 Å². The number of carbonyl (C=O) groups excluding carboxylic acids is 3. The predicted octanol–water partition coefficient (Wildman–Crippen LogP) is 2.16. The highest BCUT2D eigenvalue weighted by Gasteiger charge is 2.29. The molecular formula is C22H20N2O5. The Kier molecular flexibility index (Phi) is 6.15. The molecule has 0 bridgehead atoms. The molecule has 0 aliphatic heterocycles. The Balaban J connectivity index is 1.60. The van der Waals surface area contributed by atoms with Crippen molar-refractivity contribution in [3.05, 3.63) is 59.7 Å². The second-order valence-electron chi connectivity index (χ2n) is 6.39. The Morgan fingerprint density at radius 1 is 1.03 bits per heavy atom. The number of amides is 2. The van der Waals surface area contributed by atoms with Gasteiger partial charge in [-0.3, -0.25) is 14.9 Å². The molecule has 2 aromatic rings. The molecule has 0 aromatic heterocycles. The van der Waals surface area contributed by atoms with Crippen molar-refractivity contribution < 1.29 is 23.9 Å². The molecule has 2 N–H and O–H groups in total. The summed E-state index contributed by atoms with van der Waals surface area (Å²) in [5.41, 5.74) is 4.38. The summed E-state index contributed by atoms with van der Waals surface area (Å²) in [4.78, 5) is 34.9. The Bertz CT molecular complexity index is 934. The summed E-state index contributed by atoms with van der Waals surface area (Å²) in [6.07, 6.45) is 4.50. The first-order chi connectivity index (χ1) is 14.0. The van der Waals surface area contributed by atoms with Crippen LogP contribution in [0, 0.1) is 12.3 Å². The van der Waals surface area contributed by atoms with Crippen molar-refractivity contribution in [1.82, 2.24) is 10.6 Å². The molecule has 0 heterocycles. The standard InChI is InChI=1S/C22H20N2O5/c1-3-20(21(26)23-13-29-14(2)25)24-22(27)28-12-19-17-10-6-4-8-15(17)16-9-5-7-11-18(16)19/h1,4-11,19-20H,12-13H2,2H3,(H,23,26)(H,24,27)/t20-/m0/s1. The zero-order valence-corrected chi connectivity index (χ0v) is 15.8. The molecule has 29 heavy (non-hydrogen) atoms. The van der Waals surface area contributed by atoms with Crippen LogP contribution < -0.4 is 10.6 Å². The van der Waals surface area contributed by atoms with Crippen molar-refractivity contribution in [2.45, 2.75) is 18.9 Å². The van der Waals surface area contributed by atoms with Crippen LogP contribution in [0.1, 0.15) is 24.0 Å². The van der Waals surface area contributed by atoms with E-state index in [1.807, 2.05) is 48.5 Å². The number of alkyl carbamates (subject to hydrolysis) is 1. The van der Waals surface area contributed by atoms with Crippen LogP contribution in [-0.4, -0.2) is 37.3 Å². The predicted molar refractivity (Wildman–Crippen MR) is 106 cm³/mol. The van der Waals surface area contributed by atoms with E-state index in [-0.39, 0.29) is 19.3 Å². The summed E-state index contributed by atoms with van der Waals surface area (Å²) in [5, 5.41) is 4.63. The first kappa shape index (κ1) is 20.0. The molecular weight excluding hydrogens is 372 g/mol. The molecule has 0 spiro atoms. The Morgan fingerprint density at radius 3 is 2.17 bits per heavy atom. The number of fused-ring (bicyclic) bond motifs is 3. The zero-order chi connectivity index (χ0) is 20.8. The average molecular weight is 392 g/mol. The lowest BCUT2D eigenvalue weighted by molar-refractivity contribution is -0.142. The molecule has 1 aliphatic rings. The summed E-state index contributed by atoms with van der Waals surface area (Å²) in [5.74, 6) is 0.837. The molecule has 3 rings (SSSR count). The zero-order valence-electron chi connectivity index (χ0n) is 15.8. The number of carbonyl (C=O) groups is 3. The van der Waals surface area contributed by atoms with Crippen molar-refractivity contribution in [1.29, 1.82) is 0 Å². The SMILES string of the molecule is C#C[C@H](NC(=O)OCC1c2ccccc2-c2ccccc21)C(=O)NCOC(C)=O. The largest absolute Gasteiger partial charge is 0.449 e. The number of esters is 1. The van der Waals surface area contributed by atoms with Crippen molar-refractivity contribution in [2.75, 3.05) is 13.3 Å². The number of terminal acetylenes is 1. The molecule has 0 saturated carbocycles. The van der Waals surface area contributed by atoms with E-state index >= 15 is 0 Å². The smallest absolute Gasteiger partial charge is 0.408 e. The van der Waals surface area contributed by atoms with Crippen molar-refractivity contribution >= 4 is 18.0 Å². The lowest BCUT2D eigenvalue weighted by Crippen LogP contribution is -2.46. The maximum atomic E-state index is 12.2. The molecule has 0 saturated heterocycles. The van der Waals surface area contributed by atoms with Gasteiger partial charge < -0.3 is 14.8 Å². The average Bonchev–Trinajstić information content (AvgIpc) is 3.04. The van der Waals surface area contributed by atoms with Crippen LogP contribution in [0.15, 0.2) is 48.5 Å². The third-order valence-electron chi connectivity index (χ3n) is 4.56. The summed E-state index contributed by atoms with van der Waals surface area (Å²) < 4.78 is 9.96. The molecule has 1 atom stereocenters. The van der Waals surface area contributed by atoms with Gasteiger partial charge in [-0.25, -0.2) is 4.79 Å². The first-order valence-electron chi connectivity index (χ1n) is 9.00. The molecule has 0 radical (unpaired) electrons. The maximum Gasteiger partial charge on any atom is 0.408 e. The fraction of sp³-hybridized carbons (Fsp3) is 0.227. The van der Waals surface area contributed by atoms with Crippen LogP contribution in [-0.2, 0) is 19.1 Å². The number of hydrogen-bond donors (Lipinski definition) is 2. The number of nitrogens with one attached hydrogen (secondary N) is 2. The normalized spacial score (nSPS) is 12.7. The highest BCUT2D eigenvalue weighted by Crippen LogP contribution is 2.44. The Morgan fingerprint density at radius 2 is 1.62 bits per heavy atom. The molecule has 7 heteroatoms. The van der Waals surface area contributed by atoms with E-state index in [0.29, 0.717) is 0 Å². The van der Waals surface area contributed by atoms with Crippen LogP contribution in [0.4, 0.5) is 4.79 Å². The van der Waals surface area contributed by atoms with Gasteiger partial charge in [0, 0.05) is 12.8 Å². The van der Waals surface area contributed by atoms with Gasteiger partial charge in [0.2, 0.25) is 0 Å². The summed E-state index contributed by atoms with van der Waals surface area (Å²) >= 11 is 0. The monoisotopic (exact) mass is 392 g/mol. The molecule has 148 valence electrons. The van der Waals surface area contributed by atoms with Gasteiger partial charge in [0.1, 0.15) is 6.61 Å². The van der Waals surface area contributed by atoms with Crippen molar-refractivity contribution in [3.8, 4) is 23.5 Å². The highest BCUT2D eigenvalue weighted by atomic mass is 16.6. The second-order valence-corrected chi connectivity index (χ2v) is 6.39. The van der Waals surface area contributed by atoms with E-state index < -0.39 is 24.0 Å². The maximum absolute atomic E-state index is 12.2. The third-order valence-corrected chi connectivity index (χ3v) is 4.56. The van der Waals surface area contributed by atoms with Crippen LogP contribution in [0.25, 0.3) is 11.1 Å². The fourth-order valence-electron chi connectivity index (χ4n) is 3.25. The minimum absolute atomic E-state index is 0.102. The van der Waals surface area contributed by atoms with Crippen LogP contribution >= 0.6 is 0 Å². The Hall–Kier alpha value is -3.79. The van der Waals surface area contributed by atoms with Crippen molar-refractivity contribution in [3.63, 3.8) is 0 Å². The van der Waals surface area contributed by atoms with E-state index in [1.54, 1.807) is 0 Å². The molecule has 7 nitrogen and oxygen atoms in total. The fourth-order valence-corrected chi connectivity index (χ4v) is 3.25. The van der Waals surface area contributed by atoms with Crippen LogP contribution in [0.2, 0.25) is 0 Å². The highest BCUT2D eigenvalue weighted by molar-refractivity contribution is 5.88. The number of rotatable bonds is 6. The number of benzene rings is 2. The minimum Gasteiger partial charge on any atom is -0.449 e. The van der Waals surface area contributed by atoms with E-state index in [9.17, 15) is 14.4 Å². The topological polar surface area (TPSA) is 93.7 Å². The minimum atomic E-state index is -1.25. The Labute approximate surface area is 168 Å². The van der Waals surface area contributed by atoms with E-state index in [4.69, 9.17) is 11.2 Å². The van der Waals surface area contributed by atoms with E-state index in [2.05, 4.69) is 21.3 Å². The molecule has 0 fully saturated rings. The van der Waals surface area contributed by atoms with E-state index in [0.717, 1.165) is 22.3 Å². The van der Waals surface area contributed by atoms with Gasteiger partial charge in [0.25, 0.3) is 5.91 Å². The molecule has 2 amide bonds. The second kappa shape index (κ2) is 8.93. The number of hydrogen-bond acceptors (Lipinski definition) is 5. The van der Waals surface area contributed by atoms with Gasteiger partial charge >= 0.3 is 12.1 Å². The van der Waals surface area contributed by atoms with Crippen molar-refractivity contribution in [2.24, 2.45) is 0 Å². The quantitative estimate of drug-likeness (QED) is 0.446. The third kappa shape index (κ3) is 4.55. The van der Waals surface area contributed by atoms with Gasteiger partial charge in [-0.15, -0.1) is 6.42 Å². The van der Waals surface area contributed by atoms with Gasteiger partial charge in [-0.05, 0) is 22.3 Å². The lowest BCUT2D eigenvalue weighted by Gasteiger charge is -2.16.